The molecule has 0 fully saturated rings. The van der Waals surface area contributed by atoms with E-state index in [1.54, 1.807) is 115 Å². The Morgan fingerprint density at radius 3 is 1.11 bits per heavy atom. The zero-order valence-corrected chi connectivity index (χ0v) is 25.8. The highest BCUT2D eigenvalue weighted by atomic mass is 16.6. The Bertz CT molecular complexity index is 1400. The second-order valence-electron chi connectivity index (χ2n) is 10.8. The molecule has 4 rings (SSSR count). The molecule has 0 amide bonds. The molecule has 0 aromatic heterocycles. The molecule has 0 bridgehead atoms. The summed E-state index contributed by atoms with van der Waals surface area (Å²) in [5.41, 5.74) is -0.243. The lowest BCUT2D eigenvalue weighted by Crippen LogP contribution is -2.56. The molecule has 0 aliphatic carbocycles. The van der Waals surface area contributed by atoms with Crippen LogP contribution in [-0.2, 0) is 64.6 Å². The monoisotopic (exact) mass is 622 g/mol. The highest BCUT2D eigenvalue weighted by Gasteiger charge is 2.65. The van der Waals surface area contributed by atoms with E-state index in [0.717, 1.165) is 0 Å². The summed E-state index contributed by atoms with van der Waals surface area (Å²) >= 11 is 0. The zero-order valence-electron chi connectivity index (χ0n) is 25.8. The summed E-state index contributed by atoms with van der Waals surface area (Å²) in [6, 6.07) is 35.4. The standard InChI is InChI=1S/C38H38O8/c1-2-3-24-33(34(39)43-25-29-16-8-4-9-17-29)38(35(40)44-26-30-18-10-5-11-19-30,36(41)45-27-31-20-12-6-13-21-31)37(42)46-28-32-22-14-7-15-23-32/h4-23,33H,2-3,24-28H2,1H3. The van der Waals surface area contributed by atoms with Crippen molar-refractivity contribution >= 4 is 23.9 Å². The molecular weight excluding hydrogens is 584 g/mol. The summed E-state index contributed by atoms with van der Waals surface area (Å²) in [5.74, 6) is -6.24. The first-order chi connectivity index (χ1) is 22.4. The van der Waals surface area contributed by atoms with E-state index in [9.17, 15) is 19.2 Å². The van der Waals surface area contributed by atoms with Crippen LogP contribution in [0.2, 0.25) is 0 Å². The maximum absolute atomic E-state index is 14.3. The van der Waals surface area contributed by atoms with Gasteiger partial charge in [0, 0.05) is 0 Å². The Morgan fingerprint density at radius 2 is 0.804 bits per heavy atom. The maximum Gasteiger partial charge on any atom is 0.336 e. The number of unbranched alkanes of at least 4 members (excludes halogenated alkanes) is 1. The molecular formula is C38H38O8. The number of esters is 4. The lowest BCUT2D eigenvalue weighted by atomic mass is 9.72. The highest BCUT2D eigenvalue weighted by molar-refractivity contribution is 6.20. The van der Waals surface area contributed by atoms with E-state index < -0.39 is 35.2 Å². The fourth-order valence-electron chi connectivity index (χ4n) is 4.94. The normalized spacial score (nSPS) is 11.6. The Hall–Kier alpha value is -5.24. The molecule has 4 aromatic carbocycles. The molecule has 0 aliphatic rings. The average Bonchev–Trinajstić information content (AvgIpc) is 3.11. The first-order valence-electron chi connectivity index (χ1n) is 15.3. The number of carbonyl (C=O) groups is 4. The van der Waals surface area contributed by atoms with E-state index in [-0.39, 0.29) is 32.8 Å². The van der Waals surface area contributed by atoms with Crippen molar-refractivity contribution < 1.29 is 38.1 Å². The summed E-state index contributed by atoms with van der Waals surface area (Å²) in [6.45, 7) is 1.01. The summed E-state index contributed by atoms with van der Waals surface area (Å²) in [6.07, 6.45) is 0.970. The van der Waals surface area contributed by atoms with Gasteiger partial charge in [-0.25, -0.2) is 0 Å². The predicted molar refractivity (Wildman–Crippen MR) is 170 cm³/mol. The van der Waals surface area contributed by atoms with Gasteiger partial charge >= 0.3 is 23.9 Å². The molecule has 0 saturated heterocycles. The number of carbonyl (C=O) groups excluding carboxylic acids is 4. The topological polar surface area (TPSA) is 105 Å². The molecule has 8 nitrogen and oxygen atoms in total. The van der Waals surface area contributed by atoms with Crippen molar-refractivity contribution in [3.63, 3.8) is 0 Å². The van der Waals surface area contributed by atoms with Crippen LogP contribution in [-0.4, -0.2) is 23.9 Å². The summed E-state index contributed by atoms with van der Waals surface area (Å²) in [5, 5.41) is 0. The lowest BCUT2D eigenvalue weighted by molar-refractivity contribution is -0.197. The molecule has 0 spiro atoms. The largest absolute Gasteiger partial charge is 0.461 e. The summed E-state index contributed by atoms with van der Waals surface area (Å²) in [7, 11) is 0. The van der Waals surface area contributed by atoms with E-state index >= 15 is 0 Å². The van der Waals surface area contributed by atoms with Crippen LogP contribution in [0.3, 0.4) is 0 Å². The number of hydrogen-bond donors (Lipinski definition) is 0. The Morgan fingerprint density at radius 1 is 0.500 bits per heavy atom. The molecule has 1 atom stereocenters. The highest BCUT2D eigenvalue weighted by Crippen LogP contribution is 2.39. The molecule has 238 valence electrons. The summed E-state index contributed by atoms with van der Waals surface area (Å²) < 4.78 is 22.7. The van der Waals surface area contributed by atoms with Crippen LogP contribution in [0.4, 0.5) is 0 Å². The van der Waals surface area contributed by atoms with Gasteiger partial charge in [0.15, 0.2) is 0 Å². The van der Waals surface area contributed by atoms with Gasteiger partial charge < -0.3 is 18.9 Å². The zero-order chi connectivity index (χ0) is 32.6. The van der Waals surface area contributed by atoms with Crippen LogP contribution in [0, 0.1) is 11.3 Å². The van der Waals surface area contributed by atoms with E-state index in [1.165, 1.54) is 0 Å². The Labute approximate surface area is 269 Å². The van der Waals surface area contributed by atoms with Gasteiger partial charge in [-0.3, -0.25) is 19.2 Å². The van der Waals surface area contributed by atoms with Crippen LogP contribution < -0.4 is 0 Å². The molecule has 0 saturated carbocycles. The second kappa shape index (κ2) is 17.3. The smallest absolute Gasteiger partial charge is 0.336 e. The number of rotatable bonds is 16. The van der Waals surface area contributed by atoms with Gasteiger partial charge in [0.25, 0.3) is 5.41 Å². The predicted octanol–water partition coefficient (Wildman–Crippen LogP) is 6.75. The van der Waals surface area contributed by atoms with Crippen LogP contribution in [0.15, 0.2) is 121 Å². The van der Waals surface area contributed by atoms with Gasteiger partial charge in [-0.1, -0.05) is 141 Å². The first kappa shape index (κ1) is 33.6. The number of hydrogen-bond acceptors (Lipinski definition) is 8. The molecule has 1 unspecified atom stereocenters. The van der Waals surface area contributed by atoms with E-state index in [1.807, 2.05) is 13.0 Å². The maximum atomic E-state index is 14.3. The van der Waals surface area contributed by atoms with Crippen LogP contribution >= 0.6 is 0 Å². The van der Waals surface area contributed by atoms with E-state index in [2.05, 4.69) is 0 Å². The van der Waals surface area contributed by atoms with Crippen LogP contribution in [0.5, 0.6) is 0 Å². The van der Waals surface area contributed by atoms with Crippen molar-refractivity contribution in [1.82, 2.24) is 0 Å². The second-order valence-corrected chi connectivity index (χ2v) is 10.8. The van der Waals surface area contributed by atoms with Crippen molar-refractivity contribution in [1.29, 1.82) is 0 Å². The fourth-order valence-corrected chi connectivity index (χ4v) is 4.94. The minimum atomic E-state index is -2.80. The molecule has 0 heterocycles. The molecule has 0 aliphatic heterocycles. The van der Waals surface area contributed by atoms with Crippen molar-refractivity contribution in [2.45, 2.75) is 52.6 Å². The Kier molecular flexibility index (Phi) is 12.7. The molecule has 8 heteroatoms. The van der Waals surface area contributed by atoms with E-state index in [0.29, 0.717) is 35.1 Å². The van der Waals surface area contributed by atoms with Gasteiger partial charge in [0.1, 0.15) is 26.4 Å². The molecule has 0 radical (unpaired) electrons. The lowest BCUT2D eigenvalue weighted by Gasteiger charge is -2.33. The van der Waals surface area contributed by atoms with Gasteiger partial charge in [-0.2, -0.15) is 0 Å². The van der Waals surface area contributed by atoms with Gasteiger partial charge in [0.05, 0.1) is 5.92 Å². The minimum Gasteiger partial charge on any atom is -0.461 e. The SMILES string of the molecule is CCCCC(C(=O)OCc1ccccc1)C(C(=O)OCc1ccccc1)(C(=O)OCc1ccccc1)C(=O)OCc1ccccc1. The van der Waals surface area contributed by atoms with Crippen molar-refractivity contribution in [3.8, 4) is 0 Å². The Balaban J connectivity index is 1.76. The third kappa shape index (κ3) is 8.91. The third-order valence-electron chi connectivity index (χ3n) is 7.48. The molecule has 0 N–H and O–H groups in total. The van der Waals surface area contributed by atoms with E-state index in [4.69, 9.17) is 18.9 Å². The number of ether oxygens (including phenoxy) is 4. The average molecular weight is 623 g/mol. The minimum absolute atomic E-state index is 0.0363. The van der Waals surface area contributed by atoms with Crippen molar-refractivity contribution in [3.05, 3.63) is 144 Å². The molecule has 4 aromatic rings. The van der Waals surface area contributed by atoms with Crippen LogP contribution in [0.1, 0.15) is 48.4 Å². The molecule has 46 heavy (non-hydrogen) atoms. The van der Waals surface area contributed by atoms with Gasteiger partial charge in [-0.15, -0.1) is 0 Å². The van der Waals surface area contributed by atoms with Gasteiger partial charge in [-0.05, 0) is 28.7 Å². The van der Waals surface area contributed by atoms with Crippen molar-refractivity contribution in [2.75, 3.05) is 0 Å². The summed E-state index contributed by atoms with van der Waals surface area (Å²) in [4.78, 5) is 56.8. The third-order valence-corrected chi connectivity index (χ3v) is 7.48. The number of benzene rings is 4. The van der Waals surface area contributed by atoms with Gasteiger partial charge in [0.2, 0.25) is 0 Å². The fraction of sp³-hybridized carbons (Fsp3) is 0.263. The van der Waals surface area contributed by atoms with Crippen molar-refractivity contribution in [2.24, 2.45) is 11.3 Å². The quantitative estimate of drug-likeness (QED) is 0.0768. The first-order valence-corrected chi connectivity index (χ1v) is 15.3. The van der Waals surface area contributed by atoms with Crippen LogP contribution in [0.25, 0.3) is 0 Å².